The number of allylic oxidation sites excluding steroid dienone is 4. The van der Waals surface area contributed by atoms with Crippen LogP contribution in [0.15, 0.2) is 58.2 Å². The summed E-state index contributed by atoms with van der Waals surface area (Å²) in [6.07, 6.45) is 9.26. The highest BCUT2D eigenvalue weighted by atomic mass is 35.5. The molecule has 0 aliphatic carbocycles. The summed E-state index contributed by atoms with van der Waals surface area (Å²) in [5, 5.41) is 1.64. The number of nitrogens with one attached hydrogen (secondary N) is 1. The lowest BCUT2D eigenvalue weighted by Crippen LogP contribution is -2.04. The van der Waals surface area contributed by atoms with Crippen molar-refractivity contribution in [1.82, 2.24) is 4.98 Å². The molecule has 0 aliphatic heterocycles. The van der Waals surface area contributed by atoms with Crippen LogP contribution in [0.3, 0.4) is 0 Å². The average molecular weight is 537 g/mol. The van der Waals surface area contributed by atoms with Gasteiger partial charge in [0, 0.05) is 39.5 Å². The number of aliphatic imine (C=N–C) groups is 1. The maximum atomic E-state index is 14.2. The fourth-order valence-corrected chi connectivity index (χ4v) is 4.09. The Bertz CT molecular complexity index is 1260. The number of unbranched alkanes of at least 4 members (excludes halogenated alkanes) is 1. The van der Waals surface area contributed by atoms with E-state index in [4.69, 9.17) is 23.2 Å². The van der Waals surface area contributed by atoms with E-state index in [9.17, 15) is 13.2 Å². The maximum Gasteiger partial charge on any atom is 0.162 e. The van der Waals surface area contributed by atoms with Crippen molar-refractivity contribution in [3.63, 3.8) is 0 Å². The third-order valence-electron chi connectivity index (χ3n) is 5.72. The third-order valence-corrected chi connectivity index (χ3v) is 6.14. The molecule has 1 aromatic heterocycles. The SMILES string of the molecule is CC/C=C(C)/N=C/C=C(\C)Cl.CCCCc1c(C(C)c2cccc(F)c2F)[nH]c2cc(F)c(Cl)cc12. The number of benzene rings is 2. The van der Waals surface area contributed by atoms with E-state index in [2.05, 4.69) is 29.9 Å². The standard InChI is InChI=1S/C20H19ClF3N.C9H14ClN/c1-3-4-6-13-14-9-15(21)17(23)10-18(14)25-20(13)11(2)12-7-5-8-16(22)19(12)24;1-4-5-9(3)11-7-6-8(2)10/h5,7-11,25H,3-4,6H2,1-2H3;5-7H,4H2,1-3H3/b;8-6+,9-5+,11-7+. The summed E-state index contributed by atoms with van der Waals surface area (Å²) in [5.74, 6) is -2.62. The first-order chi connectivity index (χ1) is 17.1. The van der Waals surface area contributed by atoms with Crippen molar-refractivity contribution >= 4 is 40.3 Å². The van der Waals surface area contributed by atoms with Gasteiger partial charge in [0.25, 0.3) is 0 Å². The van der Waals surface area contributed by atoms with Crippen LogP contribution in [0, 0.1) is 17.5 Å². The van der Waals surface area contributed by atoms with Gasteiger partial charge in [-0.15, -0.1) is 0 Å². The lowest BCUT2D eigenvalue weighted by molar-refractivity contribution is 0.495. The van der Waals surface area contributed by atoms with Crippen molar-refractivity contribution in [3.8, 4) is 0 Å². The van der Waals surface area contributed by atoms with Crippen molar-refractivity contribution in [3.05, 3.63) is 92.5 Å². The lowest BCUT2D eigenvalue weighted by atomic mass is 9.92. The van der Waals surface area contributed by atoms with E-state index >= 15 is 0 Å². The molecule has 0 bridgehead atoms. The van der Waals surface area contributed by atoms with E-state index in [-0.39, 0.29) is 10.6 Å². The van der Waals surface area contributed by atoms with Gasteiger partial charge in [-0.05, 0) is 68.5 Å². The van der Waals surface area contributed by atoms with Gasteiger partial charge in [0.2, 0.25) is 0 Å². The molecule has 3 rings (SSSR count). The zero-order chi connectivity index (χ0) is 26.8. The van der Waals surface area contributed by atoms with Crippen LogP contribution >= 0.6 is 23.2 Å². The van der Waals surface area contributed by atoms with Gasteiger partial charge in [-0.1, -0.05) is 68.6 Å². The van der Waals surface area contributed by atoms with Crippen LogP contribution in [0.4, 0.5) is 13.2 Å². The van der Waals surface area contributed by atoms with Crippen LogP contribution in [0.5, 0.6) is 0 Å². The molecule has 0 aliphatic rings. The molecule has 0 fully saturated rings. The van der Waals surface area contributed by atoms with Crippen LogP contribution in [0.25, 0.3) is 10.9 Å². The Hall–Kier alpha value is -2.50. The summed E-state index contributed by atoms with van der Waals surface area (Å²) in [6.45, 7) is 9.78. The normalized spacial score (nSPS) is 13.3. The number of hydrogen-bond donors (Lipinski definition) is 1. The number of aryl methyl sites for hydroxylation is 1. The number of aromatic amines is 1. The molecule has 0 radical (unpaired) electrons. The zero-order valence-corrected chi connectivity index (χ0v) is 22.9. The molecule has 194 valence electrons. The minimum Gasteiger partial charge on any atom is -0.358 e. The minimum absolute atomic E-state index is 0.0559. The van der Waals surface area contributed by atoms with Crippen LogP contribution in [-0.4, -0.2) is 11.2 Å². The van der Waals surface area contributed by atoms with Crippen LogP contribution in [-0.2, 0) is 6.42 Å². The quantitative estimate of drug-likeness (QED) is 0.277. The number of aromatic nitrogens is 1. The first-order valence-corrected chi connectivity index (χ1v) is 12.8. The molecule has 2 nitrogen and oxygen atoms in total. The van der Waals surface area contributed by atoms with Crippen molar-refractivity contribution in [2.75, 3.05) is 0 Å². The molecule has 0 spiro atoms. The molecule has 7 heteroatoms. The summed E-state index contributed by atoms with van der Waals surface area (Å²) in [5.41, 5.74) is 3.67. The molecular weight excluding hydrogens is 504 g/mol. The molecule has 2 aromatic carbocycles. The second-order valence-corrected chi connectivity index (χ2v) is 9.59. The number of fused-ring (bicyclic) bond motifs is 1. The highest BCUT2D eigenvalue weighted by molar-refractivity contribution is 6.31. The molecule has 36 heavy (non-hydrogen) atoms. The van der Waals surface area contributed by atoms with Crippen molar-refractivity contribution in [2.24, 2.45) is 4.99 Å². The molecule has 3 aromatic rings. The smallest absolute Gasteiger partial charge is 0.162 e. The van der Waals surface area contributed by atoms with E-state index < -0.39 is 23.4 Å². The topological polar surface area (TPSA) is 28.1 Å². The molecule has 0 amide bonds. The van der Waals surface area contributed by atoms with Crippen molar-refractivity contribution in [1.29, 1.82) is 0 Å². The van der Waals surface area contributed by atoms with Gasteiger partial charge >= 0.3 is 0 Å². The highest BCUT2D eigenvalue weighted by Crippen LogP contribution is 2.36. The van der Waals surface area contributed by atoms with E-state index in [0.717, 1.165) is 59.1 Å². The number of rotatable bonds is 8. The predicted molar refractivity (Wildman–Crippen MR) is 148 cm³/mol. The monoisotopic (exact) mass is 536 g/mol. The second-order valence-electron chi connectivity index (χ2n) is 8.58. The van der Waals surface area contributed by atoms with Crippen molar-refractivity contribution in [2.45, 2.75) is 66.2 Å². The van der Waals surface area contributed by atoms with Gasteiger partial charge in [0.05, 0.1) is 5.02 Å². The maximum absolute atomic E-state index is 14.2. The molecule has 1 unspecified atom stereocenters. The zero-order valence-electron chi connectivity index (χ0n) is 21.4. The van der Waals surface area contributed by atoms with E-state index in [0.29, 0.717) is 5.52 Å². The molecule has 1 N–H and O–H groups in total. The van der Waals surface area contributed by atoms with Gasteiger partial charge in [-0.3, -0.25) is 4.99 Å². The summed E-state index contributed by atoms with van der Waals surface area (Å²) < 4.78 is 41.7. The Morgan fingerprint density at radius 1 is 1.11 bits per heavy atom. The van der Waals surface area contributed by atoms with Gasteiger partial charge in [-0.25, -0.2) is 13.2 Å². The van der Waals surface area contributed by atoms with E-state index in [1.54, 1.807) is 24.4 Å². The second kappa shape index (κ2) is 14.3. The van der Waals surface area contributed by atoms with Crippen LogP contribution < -0.4 is 0 Å². The first-order valence-electron chi connectivity index (χ1n) is 12.1. The number of H-pyrrole nitrogens is 1. The Balaban J connectivity index is 0.000000352. The Kier molecular flexibility index (Phi) is 11.8. The average Bonchev–Trinajstić information content (AvgIpc) is 3.16. The van der Waals surface area contributed by atoms with Gasteiger partial charge in [0.15, 0.2) is 11.6 Å². The summed E-state index contributed by atoms with van der Waals surface area (Å²) in [6, 6.07) is 7.13. The van der Waals surface area contributed by atoms with Crippen LogP contribution in [0.2, 0.25) is 5.02 Å². The van der Waals surface area contributed by atoms with Crippen LogP contribution in [0.1, 0.15) is 76.6 Å². The first kappa shape index (κ1) is 29.7. The molecule has 0 saturated carbocycles. The Morgan fingerprint density at radius 2 is 1.83 bits per heavy atom. The predicted octanol–water partition coefficient (Wildman–Crippen LogP) is 10.2. The fourth-order valence-electron chi connectivity index (χ4n) is 3.87. The lowest BCUT2D eigenvalue weighted by Gasteiger charge is -2.15. The number of nitrogens with zero attached hydrogens (tertiary/aromatic N) is 1. The summed E-state index contributed by atoms with van der Waals surface area (Å²) >= 11 is 11.5. The van der Waals surface area contributed by atoms with Gasteiger partial charge in [-0.2, -0.15) is 0 Å². The highest BCUT2D eigenvalue weighted by Gasteiger charge is 2.22. The van der Waals surface area contributed by atoms with Crippen molar-refractivity contribution < 1.29 is 13.2 Å². The van der Waals surface area contributed by atoms with Gasteiger partial charge < -0.3 is 4.98 Å². The Morgan fingerprint density at radius 3 is 2.47 bits per heavy atom. The largest absolute Gasteiger partial charge is 0.358 e. The Labute approximate surface area is 221 Å². The number of halogens is 5. The third kappa shape index (κ3) is 8.01. The summed E-state index contributed by atoms with van der Waals surface area (Å²) in [7, 11) is 0. The molecule has 0 saturated heterocycles. The van der Waals surface area contributed by atoms with E-state index in [1.807, 2.05) is 20.8 Å². The van der Waals surface area contributed by atoms with Gasteiger partial charge in [0.1, 0.15) is 5.82 Å². The molecule has 1 heterocycles. The molecular formula is C29H33Cl2F3N2. The van der Waals surface area contributed by atoms with E-state index in [1.165, 1.54) is 12.1 Å². The number of hydrogen-bond acceptors (Lipinski definition) is 1. The fraction of sp³-hybridized carbons (Fsp3) is 0.345. The molecule has 1 atom stereocenters. The summed E-state index contributed by atoms with van der Waals surface area (Å²) in [4.78, 5) is 7.33. The minimum atomic E-state index is -0.871.